The Balaban J connectivity index is 1.63. The van der Waals surface area contributed by atoms with Crippen LogP contribution in [0.3, 0.4) is 0 Å². The summed E-state index contributed by atoms with van der Waals surface area (Å²) < 4.78 is 1.81. The molecule has 20 heavy (non-hydrogen) atoms. The van der Waals surface area contributed by atoms with Gasteiger partial charge in [-0.05, 0) is 13.3 Å². The van der Waals surface area contributed by atoms with Gasteiger partial charge >= 0.3 is 0 Å². The predicted octanol–water partition coefficient (Wildman–Crippen LogP) is 0.748. The summed E-state index contributed by atoms with van der Waals surface area (Å²) in [5.74, 6) is 0.234. The minimum Gasteiger partial charge on any atom is -0.344 e. The van der Waals surface area contributed by atoms with Crippen molar-refractivity contribution in [2.45, 2.75) is 32.4 Å². The lowest BCUT2D eigenvalue weighted by atomic mass is 10.1. The normalized spacial score (nSPS) is 19.8. The third-order valence-corrected chi connectivity index (χ3v) is 3.71. The van der Waals surface area contributed by atoms with Gasteiger partial charge in [0.15, 0.2) is 5.65 Å². The standard InChI is InChI=1S/C14H19N5O/c1-10-5-13-16-7-11(8-19(13)17-10)6-15-12-3-4-14(20)18(2)9-12/h5,7-8,12,15H,3-4,6,9H2,1-2H3. The molecule has 1 saturated heterocycles. The van der Waals surface area contributed by atoms with Crippen molar-refractivity contribution >= 4 is 11.6 Å². The highest BCUT2D eigenvalue weighted by Crippen LogP contribution is 2.11. The van der Waals surface area contributed by atoms with E-state index >= 15 is 0 Å². The van der Waals surface area contributed by atoms with Gasteiger partial charge in [-0.25, -0.2) is 9.50 Å². The van der Waals surface area contributed by atoms with E-state index in [-0.39, 0.29) is 5.91 Å². The molecule has 1 N–H and O–H groups in total. The molecule has 2 aromatic heterocycles. The third-order valence-electron chi connectivity index (χ3n) is 3.71. The fraction of sp³-hybridized carbons (Fsp3) is 0.500. The number of carbonyl (C=O) groups is 1. The second-order valence-corrected chi connectivity index (χ2v) is 5.44. The monoisotopic (exact) mass is 273 g/mol. The molecule has 1 unspecified atom stereocenters. The summed E-state index contributed by atoms with van der Waals surface area (Å²) in [6, 6.07) is 2.31. The summed E-state index contributed by atoms with van der Waals surface area (Å²) in [4.78, 5) is 17.6. The first-order valence-corrected chi connectivity index (χ1v) is 6.90. The number of nitrogens with one attached hydrogen (secondary N) is 1. The van der Waals surface area contributed by atoms with Crippen LogP contribution in [-0.2, 0) is 11.3 Å². The van der Waals surface area contributed by atoms with E-state index in [1.54, 1.807) is 4.90 Å². The van der Waals surface area contributed by atoms with Gasteiger partial charge in [0.1, 0.15) is 0 Å². The van der Waals surface area contributed by atoms with E-state index in [0.717, 1.165) is 36.4 Å². The molecule has 0 radical (unpaired) electrons. The second-order valence-electron chi connectivity index (χ2n) is 5.44. The molecule has 1 aliphatic rings. The van der Waals surface area contributed by atoms with Crippen LogP contribution < -0.4 is 5.32 Å². The Morgan fingerprint density at radius 2 is 2.35 bits per heavy atom. The molecule has 6 heteroatoms. The van der Waals surface area contributed by atoms with Crippen LogP contribution in [0.1, 0.15) is 24.1 Å². The third kappa shape index (κ3) is 2.65. The minimum absolute atomic E-state index is 0.234. The van der Waals surface area contributed by atoms with Crippen LogP contribution in [0.25, 0.3) is 5.65 Å². The van der Waals surface area contributed by atoms with Gasteiger partial charge in [-0.15, -0.1) is 0 Å². The van der Waals surface area contributed by atoms with Crippen LogP contribution in [0.4, 0.5) is 0 Å². The van der Waals surface area contributed by atoms with Crippen molar-refractivity contribution in [3.05, 3.63) is 29.7 Å². The number of hydrogen-bond donors (Lipinski definition) is 1. The first kappa shape index (κ1) is 13.1. The number of aromatic nitrogens is 3. The van der Waals surface area contributed by atoms with E-state index in [2.05, 4.69) is 15.4 Å². The van der Waals surface area contributed by atoms with Crippen molar-refractivity contribution in [1.29, 1.82) is 0 Å². The summed E-state index contributed by atoms with van der Waals surface area (Å²) in [6.07, 6.45) is 5.41. The van der Waals surface area contributed by atoms with Crippen molar-refractivity contribution in [2.24, 2.45) is 0 Å². The zero-order chi connectivity index (χ0) is 14.1. The smallest absolute Gasteiger partial charge is 0.222 e. The zero-order valence-corrected chi connectivity index (χ0v) is 11.8. The molecule has 1 aliphatic heterocycles. The molecule has 106 valence electrons. The number of rotatable bonds is 3. The SMILES string of the molecule is Cc1cc2ncc(CNC3CCC(=O)N(C)C3)cn2n1. The van der Waals surface area contributed by atoms with Crippen LogP contribution in [0.2, 0.25) is 0 Å². The van der Waals surface area contributed by atoms with Gasteiger partial charge in [-0.3, -0.25) is 4.79 Å². The highest BCUT2D eigenvalue weighted by Gasteiger charge is 2.22. The second kappa shape index (κ2) is 5.20. The highest BCUT2D eigenvalue weighted by molar-refractivity contribution is 5.76. The van der Waals surface area contributed by atoms with E-state index < -0.39 is 0 Å². The lowest BCUT2D eigenvalue weighted by Crippen LogP contribution is -2.46. The average molecular weight is 273 g/mol. The molecule has 2 aromatic rings. The fourth-order valence-corrected chi connectivity index (χ4v) is 2.57. The summed E-state index contributed by atoms with van der Waals surface area (Å²) >= 11 is 0. The highest BCUT2D eigenvalue weighted by atomic mass is 16.2. The maximum absolute atomic E-state index is 11.4. The molecule has 0 aromatic carbocycles. The van der Waals surface area contributed by atoms with Gasteiger partial charge in [0.05, 0.1) is 5.69 Å². The first-order valence-electron chi connectivity index (χ1n) is 6.90. The largest absolute Gasteiger partial charge is 0.344 e. The van der Waals surface area contributed by atoms with Gasteiger partial charge in [0.25, 0.3) is 0 Å². The average Bonchev–Trinajstić information content (AvgIpc) is 2.79. The van der Waals surface area contributed by atoms with Crippen LogP contribution in [0.15, 0.2) is 18.5 Å². The molecule has 6 nitrogen and oxygen atoms in total. The first-order chi connectivity index (χ1) is 9.61. The number of likely N-dealkylation sites (tertiary alicyclic amines) is 1. The van der Waals surface area contributed by atoms with Crippen molar-refractivity contribution in [3.63, 3.8) is 0 Å². The number of carbonyl (C=O) groups excluding carboxylic acids is 1. The molecule has 3 rings (SSSR count). The Morgan fingerprint density at radius 3 is 3.15 bits per heavy atom. The summed E-state index contributed by atoms with van der Waals surface area (Å²) in [5, 5.41) is 7.85. The number of nitrogens with zero attached hydrogens (tertiary/aromatic N) is 4. The van der Waals surface area contributed by atoms with Crippen molar-refractivity contribution in [1.82, 2.24) is 24.8 Å². The van der Waals surface area contributed by atoms with Gasteiger partial charge in [0, 0.05) is 56.6 Å². The molecule has 0 bridgehead atoms. The van der Waals surface area contributed by atoms with Crippen molar-refractivity contribution in [3.8, 4) is 0 Å². The summed E-state index contributed by atoms with van der Waals surface area (Å²) in [6.45, 7) is 3.48. The van der Waals surface area contributed by atoms with E-state index in [1.165, 1.54) is 0 Å². The topological polar surface area (TPSA) is 62.5 Å². The van der Waals surface area contributed by atoms with Crippen LogP contribution in [-0.4, -0.2) is 45.0 Å². The molecule has 0 saturated carbocycles. The summed E-state index contributed by atoms with van der Waals surface area (Å²) in [5.41, 5.74) is 2.93. The Labute approximate surface area is 117 Å². The lowest BCUT2D eigenvalue weighted by Gasteiger charge is -2.30. The van der Waals surface area contributed by atoms with E-state index in [4.69, 9.17) is 0 Å². The molecule has 1 fully saturated rings. The zero-order valence-electron chi connectivity index (χ0n) is 11.8. The van der Waals surface area contributed by atoms with Crippen LogP contribution in [0.5, 0.6) is 0 Å². The minimum atomic E-state index is 0.234. The lowest BCUT2D eigenvalue weighted by molar-refractivity contribution is -0.132. The maximum Gasteiger partial charge on any atom is 0.222 e. The number of aryl methyl sites for hydroxylation is 1. The Hall–Kier alpha value is -1.95. The van der Waals surface area contributed by atoms with E-state index in [9.17, 15) is 4.79 Å². The molecule has 0 spiro atoms. The maximum atomic E-state index is 11.4. The molecular weight excluding hydrogens is 254 g/mol. The molecule has 0 aliphatic carbocycles. The van der Waals surface area contributed by atoms with Crippen molar-refractivity contribution in [2.75, 3.05) is 13.6 Å². The number of hydrogen-bond acceptors (Lipinski definition) is 4. The van der Waals surface area contributed by atoms with Gasteiger partial charge in [0.2, 0.25) is 5.91 Å². The molecular formula is C14H19N5O. The number of amides is 1. The number of fused-ring (bicyclic) bond motifs is 1. The summed E-state index contributed by atoms with van der Waals surface area (Å²) in [7, 11) is 1.86. The van der Waals surface area contributed by atoms with E-state index in [0.29, 0.717) is 12.5 Å². The Morgan fingerprint density at radius 1 is 1.50 bits per heavy atom. The Bertz CT molecular complexity index is 636. The predicted molar refractivity (Wildman–Crippen MR) is 75.2 cm³/mol. The fourth-order valence-electron chi connectivity index (χ4n) is 2.57. The van der Waals surface area contributed by atoms with E-state index in [1.807, 2.05) is 36.9 Å². The van der Waals surface area contributed by atoms with Gasteiger partial charge < -0.3 is 10.2 Å². The van der Waals surface area contributed by atoms with Crippen LogP contribution >= 0.6 is 0 Å². The molecule has 1 atom stereocenters. The molecule has 3 heterocycles. The van der Waals surface area contributed by atoms with Gasteiger partial charge in [-0.1, -0.05) is 0 Å². The van der Waals surface area contributed by atoms with Crippen molar-refractivity contribution < 1.29 is 4.79 Å². The van der Waals surface area contributed by atoms with Gasteiger partial charge in [-0.2, -0.15) is 5.10 Å². The number of piperidine rings is 1. The quantitative estimate of drug-likeness (QED) is 0.896. The molecule has 1 amide bonds. The number of likely N-dealkylation sites (N-methyl/N-ethyl adjacent to an activating group) is 1. The van der Waals surface area contributed by atoms with Crippen LogP contribution in [0, 0.1) is 6.92 Å². The Kier molecular flexibility index (Phi) is 3.40.